The average molecular weight is 214 g/mol. The predicted octanol–water partition coefficient (Wildman–Crippen LogP) is 1.16. The molecule has 0 aliphatic rings. The molecule has 0 saturated heterocycles. The van der Waals surface area contributed by atoms with Gasteiger partial charge < -0.3 is 14.2 Å². The van der Waals surface area contributed by atoms with Crippen molar-refractivity contribution in [2.45, 2.75) is 13.8 Å². The molecule has 0 N–H and O–H groups in total. The molecule has 0 fully saturated rings. The molecular formula is C10H14O5. The molecular weight excluding hydrogens is 200 g/mol. The van der Waals surface area contributed by atoms with E-state index in [9.17, 15) is 9.59 Å². The lowest BCUT2D eigenvalue weighted by atomic mass is 10.6. The van der Waals surface area contributed by atoms with Gasteiger partial charge >= 0.3 is 11.9 Å². The maximum Gasteiger partial charge on any atom is 0.337 e. The Morgan fingerprint density at radius 3 is 1.53 bits per heavy atom. The van der Waals surface area contributed by atoms with Crippen molar-refractivity contribution in [3.63, 3.8) is 0 Å². The molecule has 0 aromatic rings. The van der Waals surface area contributed by atoms with E-state index in [1.807, 2.05) is 0 Å². The molecule has 0 bridgehead atoms. The Bertz CT molecular complexity index is 252. The van der Waals surface area contributed by atoms with Crippen LogP contribution in [0.5, 0.6) is 0 Å². The predicted molar refractivity (Wildman–Crippen MR) is 52.6 cm³/mol. The Morgan fingerprint density at radius 1 is 0.933 bits per heavy atom. The summed E-state index contributed by atoms with van der Waals surface area (Å²) in [4.78, 5) is 21.8. The minimum absolute atomic E-state index is 0.271. The van der Waals surface area contributed by atoms with E-state index in [2.05, 4.69) is 22.6 Å². The third-order valence-corrected chi connectivity index (χ3v) is 1.02. The Balaban J connectivity index is 3.61. The summed E-state index contributed by atoms with van der Waals surface area (Å²) in [6, 6.07) is 0. The topological polar surface area (TPSA) is 61.8 Å². The number of ether oxygens (including phenoxy) is 3. The van der Waals surface area contributed by atoms with Crippen molar-refractivity contribution in [1.82, 2.24) is 0 Å². The lowest BCUT2D eigenvalue weighted by molar-refractivity contribution is -0.150. The summed E-state index contributed by atoms with van der Waals surface area (Å²) in [6.07, 6.45) is 0. The molecule has 0 aliphatic carbocycles. The van der Waals surface area contributed by atoms with Gasteiger partial charge in [-0.2, -0.15) is 0 Å². The molecule has 0 atom stereocenters. The number of hydrogen-bond donors (Lipinski definition) is 0. The van der Waals surface area contributed by atoms with Gasteiger partial charge in [0.15, 0.2) is 0 Å². The maximum atomic E-state index is 10.9. The number of allylic oxidation sites excluding steroid dienone is 2. The molecule has 0 heterocycles. The van der Waals surface area contributed by atoms with Gasteiger partial charge in [-0.3, -0.25) is 0 Å². The van der Waals surface area contributed by atoms with Crippen molar-refractivity contribution in [2.75, 3.05) is 13.2 Å². The number of hydrogen-bond acceptors (Lipinski definition) is 5. The van der Waals surface area contributed by atoms with Gasteiger partial charge in [-0.25, -0.2) is 9.59 Å². The zero-order valence-corrected chi connectivity index (χ0v) is 8.87. The van der Waals surface area contributed by atoms with E-state index in [-0.39, 0.29) is 24.7 Å². The first-order chi connectivity index (χ1) is 6.91. The van der Waals surface area contributed by atoms with Crippen LogP contribution in [0.4, 0.5) is 0 Å². The standard InChI is InChI=1S/C10H14O5/c1-7(2)14-9(11)5-13-6-10(12)15-8(3)4/h1,3,5-6H2,2,4H3. The van der Waals surface area contributed by atoms with Crippen LogP contribution in [-0.2, 0) is 23.8 Å². The van der Waals surface area contributed by atoms with Crippen molar-refractivity contribution in [1.29, 1.82) is 0 Å². The average Bonchev–Trinajstić information content (AvgIpc) is 2.00. The second kappa shape index (κ2) is 6.78. The zero-order valence-electron chi connectivity index (χ0n) is 8.87. The molecule has 0 unspecified atom stereocenters. The molecule has 0 rings (SSSR count). The first kappa shape index (κ1) is 13.4. The van der Waals surface area contributed by atoms with Gasteiger partial charge in [0, 0.05) is 0 Å². The Kier molecular flexibility index (Phi) is 6.05. The highest BCUT2D eigenvalue weighted by Gasteiger charge is 2.07. The third-order valence-electron chi connectivity index (χ3n) is 1.02. The lowest BCUT2D eigenvalue weighted by Crippen LogP contribution is -2.17. The summed E-state index contributed by atoms with van der Waals surface area (Å²) in [7, 11) is 0. The van der Waals surface area contributed by atoms with E-state index in [0.717, 1.165) is 0 Å². The number of rotatable bonds is 6. The largest absolute Gasteiger partial charge is 0.430 e. The minimum Gasteiger partial charge on any atom is -0.430 e. The monoisotopic (exact) mass is 214 g/mol. The Hall–Kier alpha value is -1.62. The first-order valence-electron chi connectivity index (χ1n) is 4.22. The molecule has 0 spiro atoms. The molecule has 84 valence electrons. The van der Waals surface area contributed by atoms with Crippen LogP contribution >= 0.6 is 0 Å². The van der Waals surface area contributed by atoms with Gasteiger partial charge in [0.1, 0.15) is 13.2 Å². The molecule has 0 radical (unpaired) electrons. The van der Waals surface area contributed by atoms with E-state index in [0.29, 0.717) is 0 Å². The zero-order chi connectivity index (χ0) is 11.8. The van der Waals surface area contributed by atoms with E-state index < -0.39 is 11.9 Å². The minimum atomic E-state index is -0.606. The summed E-state index contributed by atoms with van der Waals surface area (Å²) in [5.74, 6) is -0.669. The second-order valence-corrected chi connectivity index (χ2v) is 2.84. The summed E-state index contributed by atoms with van der Waals surface area (Å²) < 4.78 is 13.9. The van der Waals surface area contributed by atoms with Crippen molar-refractivity contribution >= 4 is 11.9 Å². The number of carbonyl (C=O) groups is 2. The van der Waals surface area contributed by atoms with E-state index in [1.165, 1.54) is 13.8 Å². The highest BCUT2D eigenvalue weighted by atomic mass is 16.6. The van der Waals surface area contributed by atoms with Crippen molar-refractivity contribution in [3.8, 4) is 0 Å². The van der Waals surface area contributed by atoms with Gasteiger partial charge in [-0.1, -0.05) is 13.2 Å². The fourth-order valence-electron chi connectivity index (χ4n) is 0.665. The highest BCUT2D eigenvalue weighted by molar-refractivity contribution is 5.74. The fraction of sp³-hybridized carbons (Fsp3) is 0.400. The third kappa shape index (κ3) is 8.70. The molecule has 5 heteroatoms. The van der Waals surface area contributed by atoms with Gasteiger partial charge in [0.25, 0.3) is 0 Å². The molecule has 0 amide bonds. The molecule has 5 nitrogen and oxygen atoms in total. The Morgan fingerprint density at radius 2 is 1.27 bits per heavy atom. The van der Waals surface area contributed by atoms with Crippen molar-refractivity contribution in [3.05, 3.63) is 24.7 Å². The van der Waals surface area contributed by atoms with Crippen LogP contribution < -0.4 is 0 Å². The van der Waals surface area contributed by atoms with Crippen LogP contribution in [0.1, 0.15) is 13.8 Å². The fourth-order valence-corrected chi connectivity index (χ4v) is 0.665. The first-order valence-corrected chi connectivity index (χ1v) is 4.22. The van der Waals surface area contributed by atoms with Crippen LogP contribution in [-0.4, -0.2) is 25.2 Å². The van der Waals surface area contributed by atoms with Crippen LogP contribution in [0.15, 0.2) is 24.7 Å². The smallest absolute Gasteiger partial charge is 0.337 e. The molecule has 0 aromatic carbocycles. The van der Waals surface area contributed by atoms with Crippen molar-refractivity contribution in [2.24, 2.45) is 0 Å². The summed E-state index contributed by atoms with van der Waals surface area (Å²) in [6.45, 7) is 9.18. The lowest BCUT2D eigenvalue weighted by Gasteiger charge is -2.04. The molecule has 0 aliphatic heterocycles. The molecule has 0 aromatic heterocycles. The summed E-state index contributed by atoms with van der Waals surface area (Å²) in [5.41, 5.74) is 0. The SMILES string of the molecule is C=C(C)OC(=O)COCC(=O)OC(=C)C. The van der Waals surface area contributed by atoms with Gasteiger partial charge in [0.05, 0.1) is 11.5 Å². The van der Waals surface area contributed by atoms with Gasteiger partial charge in [0.2, 0.25) is 0 Å². The van der Waals surface area contributed by atoms with Crippen molar-refractivity contribution < 1.29 is 23.8 Å². The second-order valence-electron chi connectivity index (χ2n) is 2.84. The van der Waals surface area contributed by atoms with E-state index in [1.54, 1.807) is 0 Å². The van der Waals surface area contributed by atoms with Gasteiger partial charge in [-0.15, -0.1) is 0 Å². The van der Waals surface area contributed by atoms with Crippen LogP contribution in [0.2, 0.25) is 0 Å². The van der Waals surface area contributed by atoms with Crippen LogP contribution in [0.3, 0.4) is 0 Å². The van der Waals surface area contributed by atoms with E-state index in [4.69, 9.17) is 4.74 Å². The van der Waals surface area contributed by atoms with Crippen LogP contribution in [0, 0.1) is 0 Å². The number of carbonyl (C=O) groups excluding carboxylic acids is 2. The maximum absolute atomic E-state index is 10.9. The summed E-state index contributed by atoms with van der Waals surface area (Å²) in [5, 5.41) is 0. The van der Waals surface area contributed by atoms with E-state index >= 15 is 0 Å². The highest BCUT2D eigenvalue weighted by Crippen LogP contribution is 1.94. The molecule has 0 saturated carbocycles. The Labute approximate surface area is 88.3 Å². The molecule has 15 heavy (non-hydrogen) atoms. The number of esters is 2. The quantitative estimate of drug-likeness (QED) is 0.490. The summed E-state index contributed by atoms with van der Waals surface area (Å²) >= 11 is 0. The normalized spacial score (nSPS) is 9.20. The van der Waals surface area contributed by atoms with Crippen LogP contribution in [0.25, 0.3) is 0 Å². The van der Waals surface area contributed by atoms with Gasteiger partial charge in [-0.05, 0) is 13.8 Å².